The summed E-state index contributed by atoms with van der Waals surface area (Å²) >= 11 is 0. The van der Waals surface area contributed by atoms with E-state index in [0.29, 0.717) is 36.8 Å². The highest BCUT2D eigenvalue weighted by molar-refractivity contribution is 5.97. The van der Waals surface area contributed by atoms with Gasteiger partial charge >= 0.3 is 0 Å². The van der Waals surface area contributed by atoms with E-state index in [1.165, 1.54) is 5.57 Å². The third-order valence-electron chi connectivity index (χ3n) is 10.4. The zero-order chi connectivity index (χ0) is 28.6. The molecule has 7 nitrogen and oxygen atoms in total. The van der Waals surface area contributed by atoms with E-state index < -0.39 is 5.41 Å². The summed E-state index contributed by atoms with van der Waals surface area (Å²) in [4.78, 5) is 20.6. The molecule has 0 radical (unpaired) electrons. The number of nitriles is 1. The Kier molecular flexibility index (Phi) is 8.71. The minimum Gasteiger partial charge on any atom is -0.392 e. The zero-order valence-electron chi connectivity index (χ0n) is 24.9. The van der Waals surface area contributed by atoms with Crippen molar-refractivity contribution in [2.75, 3.05) is 19.8 Å². The molecular formula is C33H48N4O3. The average molecular weight is 549 g/mol. The minimum absolute atomic E-state index is 0.00573. The Morgan fingerprint density at radius 2 is 2.00 bits per heavy atom. The van der Waals surface area contributed by atoms with Gasteiger partial charge in [0.25, 0.3) is 0 Å². The number of nitrogens with one attached hydrogen (secondary N) is 1. The van der Waals surface area contributed by atoms with E-state index in [1.54, 1.807) is 6.21 Å². The van der Waals surface area contributed by atoms with Gasteiger partial charge in [-0.05, 0) is 81.3 Å². The Morgan fingerprint density at radius 3 is 2.77 bits per heavy atom. The van der Waals surface area contributed by atoms with Gasteiger partial charge in [-0.2, -0.15) is 5.26 Å². The van der Waals surface area contributed by atoms with E-state index in [9.17, 15) is 15.2 Å². The molecule has 2 saturated heterocycles. The van der Waals surface area contributed by atoms with Gasteiger partial charge in [0.2, 0.25) is 5.91 Å². The summed E-state index contributed by atoms with van der Waals surface area (Å²) in [5, 5.41) is 23.9. The van der Waals surface area contributed by atoms with Crippen molar-refractivity contribution in [1.82, 2.24) is 10.2 Å². The van der Waals surface area contributed by atoms with Crippen LogP contribution < -0.4 is 5.32 Å². The number of fused-ring (bicyclic) bond motifs is 3. The summed E-state index contributed by atoms with van der Waals surface area (Å²) < 4.78 is 5.74. The van der Waals surface area contributed by atoms with E-state index in [1.807, 2.05) is 19.9 Å². The predicted octanol–water partition coefficient (Wildman–Crippen LogP) is 4.45. The number of carbonyl (C=O) groups is 1. The molecule has 40 heavy (non-hydrogen) atoms. The molecule has 5 rings (SSSR count). The molecule has 0 aromatic rings. The fourth-order valence-electron chi connectivity index (χ4n) is 8.31. The molecule has 218 valence electrons. The maximum Gasteiger partial charge on any atom is 0.247 e. The molecule has 3 fully saturated rings. The topological polar surface area (TPSA) is 98.0 Å². The first kappa shape index (κ1) is 29.2. The Labute approximate surface area is 240 Å². The lowest BCUT2D eigenvalue weighted by Gasteiger charge is -2.50. The highest BCUT2D eigenvalue weighted by atomic mass is 16.5. The predicted molar refractivity (Wildman–Crippen MR) is 158 cm³/mol. The number of allylic oxidation sites excluding steroid dienone is 3. The summed E-state index contributed by atoms with van der Waals surface area (Å²) in [7, 11) is 0. The zero-order valence-corrected chi connectivity index (χ0v) is 24.9. The van der Waals surface area contributed by atoms with Gasteiger partial charge < -0.3 is 15.2 Å². The van der Waals surface area contributed by atoms with Crippen molar-refractivity contribution in [1.29, 1.82) is 5.26 Å². The molecule has 0 aromatic carbocycles. The van der Waals surface area contributed by atoms with Crippen molar-refractivity contribution < 1.29 is 14.6 Å². The van der Waals surface area contributed by atoms with E-state index >= 15 is 0 Å². The summed E-state index contributed by atoms with van der Waals surface area (Å²) in [5.74, 6) is 1.63. The van der Waals surface area contributed by atoms with Gasteiger partial charge in [0.15, 0.2) is 0 Å². The van der Waals surface area contributed by atoms with Crippen molar-refractivity contribution >= 4 is 12.1 Å². The van der Waals surface area contributed by atoms with Crippen LogP contribution in [-0.4, -0.2) is 72.2 Å². The molecule has 5 aliphatic rings. The maximum atomic E-state index is 13.4. The monoisotopic (exact) mass is 548 g/mol. The number of hydrogen-bond acceptors (Lipinski definition) is 6. The fourth-order valence-corrected chi connectivity index (χ4v) is 8.31. The van der Waals surface area contributed by atoms with Crippen molar-refractivity contribution in [3.05, 3.63) is 35.5 Å². The van der Waals surface area contributed by atoms with Crippen LogP contribution in [0.5, 0.6) is 0 Å². The van der Waals surface area contributed by atoms with Crippen molar-refractivity contribution in [2.45, 2.75) is 97.0 Å². The van der Waals surface area contributed by atoms with E-state index in [0.717, 1.165) is 44.4 Å². The Bertz CT molecular complexity index is 1120. The first-order valence-corrected chi connectivity index (χ1v) is 15.4. The number of aliphatic hydroxyl groups is 1. The number of aliphatic imine (C=N–C) groups is 1. The maximum absolute atomic E-state index is 13.4. The number of amides is 1. The molecule has 7 heteroatoms. The molecule has 3 aliphatic heterocycles. The lowest BCUT2D eigenvalue weighted by molar-refractivity contribution is -0.118. The second kappa shape index (κ2) is 11.9. The van der Waals surface area contributed by atoms with Crippen LogP contribution in [0.15, 0.2) is 40.4 Å². The number of piperidine rings is 1. The van der Waals surface area contributed by atoms with Crippen LogP contribution in [0, 0.1) is 46.3 Å². The lowest BCUT2D eigenvalue weighted by atomic mass is 9.72. The SMILES string of the molecule is CC1CCC(NC(=O)C2=CC=NC(C(C)(C)C#N)C(C)C2)CC(C)C1C1=CC2C(C=C1)C(O)CC1COCCN12. The van der Waals surface area contributed by atoms with Crippen LogP contribution in [0.2, 0.25) is 0 Å². The van der Waals surface area contributed by atoms with Crippen LogP contribution in [0.25, 0.3) is 0 Å². The lowest BCUT2D eigenvalue weighted by Crippen LogP contribution is -2.60. The highest BCUT2D eigenvalue weighted by Gasteiger charge is 2.44. The molecule has 2 N–H and O–H groups in total. The normalized spacial score (nSPS) is 40.4. The van der Waals surface area contributed by atoms with Crippen LogP contribution >= 0.6 is 0 Å². The van der Waals surface area contributed by atoms with Gasteiger partial charge in [0.05, 0.1) is 36.8 Å². The van der Waals surface area contributed by atoms with Gasteiger partial charge in [0, 0.05) is 42.4 Å². The molecule has 10 unspecified atom stereocenters. The van der Waals surface area contributed by atoms with Crippen LogP contribution in [0.4, 0.5) is 0 Å². The molecular weight excluding hydrogens is 500 g/mol. The van der Waals surface area contributed by atoms with E-state index in [2.05, 4.69) is 60.3 Å². The first-order chi connectivity index (χ1) is 19.1. The Hall–Kier alpha value is -2.27. The smallest absolute Gasteiger partial charge is 0.247 e. The van der Waals surface area contributed by atoms with E-state index in [4.69, 9.17) is 4.74 Å². The molecule has 2 aliphatic carbocycles. The summed E-state index contributed by atoms with van der Waals surface area (Å²) in [6, 6.07) is 2.93. The first-order valence-electron chi connectivity index (χ1n) is 15.4. The number of aliphatic hydroxyl groups excluding tert-OH is 1. The van der Waals surface area contributed by atoms with Gasteiger partial charge in [0.1, 0.15) is 0 Å². The number of ether oxygens (including phenoxy) is 1. The summed E-state index contributed by atoms with van der Waals surface area (Å²) in [6.45, 7) is 13.0. The minimum atomic E-state index is -0.571. The van der Waals surface area contributed by atoms with Gasteiger partial charge in [-0.1, -0.05) is 39.0 Å². The molecule has 10 atom stereocenters. The third kappa shape index (κ3) is 5.86. The largest absolute Gasteiger partial charge is 0.392 e. The van der Waals surface area contributed by atoms with Crippen LogP contribution in [0.1, 0.15) is 66.7 Å². The highest BCUT2D eigenvalue weighted by Crippen LogP contribution is 2.43. The standard InChI is InChI=1S/C33H48N4O3/c1-20-6-8-25(36-32(39)24-10-11-35-31(22(3)14-24)33(4,5)19-34)15-21(2)30(20)23-7-9-27-28(16-23)37-12-13-40-18-26(37)17-29(27)38/h7,9-11,16,20-22,25-31,38H,6,8,12-15,17-18H2,1-5H3,(H,36,39). The molecule has 0 aromatic heterocycles. The molecule has 3 heterocycles. The molecule has 0 spiro atoms. The molecule has 0 bridgehead atoms. The van der Waals surface area contributed by atoms with Crippen molar-refractivity contribution in [2.24, 2.45) is 40.0 Å². The van der Waals surface area contributed by atoms with Crippen LogP contribution in [0.3, 0.4) is 0 Å². The number of hydrogen-bond donors (Lipinski definition) is 2. The molecule has 1 saturated carbocycles. The van der Waals surface area contributed by atoms with Gasteiger partial charge in [-0.25, -0.2) is 0 Å². The van der Waals surface area contributed by atoms with Gasteiger partial charge in [-0.15, -0.1) is 0 Å². The Balaban J connectivity index is 1.25. The summed E-state index contributed by atoms with van der Waals surface area (Å²) in [5.41, 5.74) is 1.59. The second-order valence-electron chi connectivity index (χ2n) is 13.8. The number of nitrogens with zero attached hydrogens (tertiary/aromatic N) is 3. The second-order valence-corrected chi connectivity index (χ2v) is 13.8. The Morgan fingerprint density at radius 1 is 1.20 bits per heavy atom. The van der Waals surface area contributed by atoms with E-state index in [-0.39, 0.29) is 42.0 Å². The van der Waals surface area contributed by atoms with Crippen molar-refractivity contribution in [3.8, 4) is 6.07 Å². The van der Waals surface area contributed by atoms with Gasteiger partial charge in [-0.3, -0.25) is 14.7 Å². The van der Waals surface area contributed by atoms with Crippen LogP contribution in [-0.2, 0) is 9.53 Å². The van der Waals surface area contributed by atoms with Crippen molar-refractivity contribution in [3.63, 3.8) is 0 Å². The average Bonchev–Trinajstić information content (AvgIpc) is 3.21. The summed E-state index contributed by atoms with van der Waals surface area (Å²) in [6.07, 6.45) is 14.7. The third-order valence-corrected chi connectivity index (χ3v) is 10.4. The quantitative estimate of drug-likeness (QED) is 0.506. The number of rotatable bonds is 4. The molecule has 1 amide bonds. The number of morpholine rings is 1. The fraction of sp³-hybridized carbons (Fsp3) is 0.727. The number of carbonyl (C=O) groups excluding carboxylic acids is 1.